The summed E-state index contributed by atoms with van der Waals surface area (Å²) in [5.41, 5.74) is 9.17. The topological polar surface area (TPSA) is 280 Å². The number of halogens is 1. The number of benzene rings is 6. The zero-order valence-electron chi connectivity index (χ0n) is 59.4. The van der Waals surface area contributed by atoms with Gasteiger partial charge in [-0.1, -0.05) is 64.5 Å². The largest absolute Gasteiger partial charge is 0.492 e. The van der Waals surface area contributed by atoms with Crippen LogP contribution in [-0.4, -0.2) is 177 Å². The van der Waals surface area contributed by atoms with E-state index in [2.05, 4.69) is 83.6 Å². The molecule has 3 saturated heterocycles. The van der Waals surface area contributed by atoms with Gasteiger partial charge < -0.3 is 79.0 Å². The third kappa shape index (κ3) is 18.4. The lowest BCUT2D eigenvalue weighted by molar-refractivity contribution is 0.0199. The van der Waals surface area contributed by atoms with E-state index >= 15 is 0 Å². The fourth-order valence-electron chi connectivity index (χ4n) is 12.8. The summed E-state index contributed by atoms with van der Waals surface area (Å²) in [4.78, 5) is 56.2. The van der Waals surface area contributed by atoms with E-state index in [-0.39, 0.29) is 24.3 Å². The molecule has 536 valence electrons. The van der Waals surface area contributed by atoms with Gasteiger partial charge >= 0.3 is 19.3 Å². The van der Waals surface area contributed by atoms with Crippen LogP contribution in [0.3, 0.4) is 0 Å². The van der Waals surface area contributed by atoms with Crippen LogP contribution in [0, 0.1) is 20.8 Å². The third-order valence-corrected chi connectivity index (χ3v) is 18.4. The molecule has 6 N–H and O–H groups in total. The van der Waals surface area contributed by atoms with Crippen molar-refractivity contribution >= 4 is 91.3 Å². The molecule has 6 aromatic carbocycles. The number of aryl methyl sites for hydroxylation is 3. The molecule has 102 heavy (non-hydrogen) atoms. The maximum atomic E-state index is 12.3. The number of likely N-dealkylation sites (tertiary alicyclic amines) is 2. The van der Waals surface area contributed by atoms with Gasteiger partial charge in [0.15, 0.2) is 34.5 Å². The van der Waals surface area contributed by atoms with Crippen LogP contribution in [0.2, 0.25) is 0 Å². The Kier molecular flexibility index (Phi) is 22.8. The highest BCUT2D eigenvalue weighted by Crippen LogP contribution is 2.43. The summed E-state index contributed by atoms with van der Waals surface area (Å²) in [5, 5.41) is 34.9. The lowest BCUT2D eigenvalue weighted by Crippen LogP contribution is -2.44. The van der Waals surface area contributed by atoms with Crippen LogP contribution in [0.5, 0.6) is 34.5 Å². The number of fused-ring (bicyclic) bond motifs is 6. The number of ether oxygens (including phenoxy) is 8. The van der Waals surface area contributed by atoms with Gasteiger partial charge in [-0.3, -0.25) is 0 Å². The van der Waals surface area contributed by atoms with E-state index in [1.54, 1.807) is 28.0 Å². The molecule has 15 rings (SSSR count). The first kappa shape index (κ1) is 72.3. The van der Waals surface area contributed by atoms with E-state index in [1.165, 1.54) is 0 Å². The highest BCUT2D eigenvalue weighted by atomic mass is 79.9. The number of aromatic nitrogens is 6. The van der Waals surface area contributed by atoms with E-state index < -0.39 is 18.3 Å². The van der Waals surface area contributed by atoms with E-state index in [4.69, 9.17) is 67.9 Å². The first-order valence-corrected chi connectivity index (χ1v) is 35.8. The molecule has 6 aliphatic heterocycles. The van der Waals surface area contributed by atoms with Crippen LogP contribution in [0.1, 0.15) is 97.1 Å². The lowest BCUT2D eigenvalue weighted by atomic mass is 9.79. The summed E-state index contributed by atoms with van der Waals surface area (Å²) in [7, 11) is -1.52. The Hall–Kier alpha value is -9.50. The molecule has 0 saturated carbocycles. The molecule has 0 bridgehead atoms. The molecule has 9 heterocycles. The van der Waals surface area contributed by atoms with Crippen molar-refractivity contribution in [3.05, 3.63) is 131 Å². The zero-order valence-corrected chi connectivity index (χ0v) is 60.9. The molecule has 6 aliphatic rings. The Morgan fingerprint density at radius 3 is 1.25 bits per heavy atom. The summed E-state index contributed by atoms with van der Waals surface area (Å²) in [5.74, 6) is 6.17. The predicted octanol–water partition coefficient (Wildman–Crippen LogP) is 12.4. The Bertz CT molecular complexity index is 4460. The Balaban J connectivity index is 0.000000134. The maximum Gasteiger partial charge on any atom is 0.492 e. The van der Waals surface area contributed by atoms with Gasteiger partial charge in [0.25, 0.3) is 0 Å². The molecule has 26 heteroatoms. The minimum atomic E-state index is -1.52. The number of hydrogen-bond donors (Lipinski definition) is 6. The van der Waals surface area contributed by atoms with Gasteiger partial charge in [0.1, 0.15) is 50.8 Å². The number of hydrogen-bond acceptors (Lipinski definition) is 22. The third-order valence-electron chi connectivity index (χ3n) is 17.9. The van der Waals surface area contributed by atoms with E-state index in [0.29, 0.717) is 101 Å². The first-order valence-electron chi connectivity index (χ1n) is 35.0. The van der Waals surface area contributed by atoms with Gasteiger partial charge in [0, 0.05) is 81.5 Å². The van der Waals surface area contributed by atoms with E-state index in [0.717, 1.165) is 157 Å². The van der Waals surface area contributed by atoms with Crippen LogP contribution in [0.15, 0.2) is 114 Å². The number of amides is 2. The summed E-state index contributed by atoms with van der Waals surface area (Å²) in [6, 6.07) is 36.4. The maximum absolute atomic E-state index is 12.3. The van der Waals surface area contributed by atoms with Crippen molar-refractivity contribution in [2.75, 3.05) is 94.9 Å². The molecule has 3 aromatic heterocycles. The second kappa shape index (κ2) is 32.2. The summed E-state index contributed by atoms with van der Waals surface area (Å²) < 4.78 is 45.7. The van der Waals surface area contributed by atoms with Gasteiger partial charge in [0.05, 0.1) is 33.6 Å². The van der Waals surface area contributed by atoms with Gasteiger partial charge in [-0.2, -0.15) is 0 Å². The van der Waals surface area contributed by atoms with Crippen LogP contribution >= 0.6 is 15.9 Å². The Morgan fingerprint density at radius 1 is 0.480 bits per heavy atom. The summed E-state index contributed by atoms with van der Waals surface area (Å²) >= 11 is 3.49. The highest BCUT2D eigenvalue weighted by molar-refractivity contribution is 9.10. The van der Waals surface area contributed by atoms with Crippen molar-refractivity contribution in [3.8, 4) is 56.8 Å². The van der Waals surface area contributed by atoms with Crippen LogP contribution in [0.4, 0.5) is 27.4 Å². The first-order chi connectivity index (χ1) is 49.0. The van der Waals surface area contributed by atoms with Crippen LogP contribution in [0.25, 0.3) is 55.0 Å². The normalized spacial score (nSPS) is 16.1. The molecule has 0 atom stereocenters. The molecule has 2 amide bonds. The van der Waals surface area contributed by atoms with Crippen molar-refractivity contribution in [1.29, 1.82) is 0 Å². The number of nitrogens with zero attached hydrogens (tertiary/aromatic N) is 8. The second-order valence-corrected chi connectivity index (χ2v) is 28.8. The molecule has 0 spiro atoms. The molecular weight excluding hydrogens is 1360 g/mol. The molecule has 9 aromatic rings. The number of carbonyl (C=O) groups excluding carboxylic acids is 2. The standard InChI is InChI=1S/C27H32N4O4.C22H24N4O2.C19H25BrN4O2.C8H9BO4/c1-17-21-16-18(20-6-5-7-23-24(20)34-15-14-33-23)8-9-22(21)30-25(28-17)29-19-10-12-31(13-11-19)26(32)35-27(2,3)4;1-14-18-13-15(17-3-2-4-20-21(17)28-12-11-27-20)5-6-19(18)26-22(24-14)25-16-7-9-23-10-8-16;1-12-15-11-13(20)5-6-16(15)23-17(21-12)22-14-7-9-24(10-8-14)18(25)26-19(2,3)4;10-9(11)6-2-1-3-7-8(6)13-5-4-12-7/h5-9,16,19H,10-15H2,1-4H3,(H,28,29,30);2-6,13,16,23H,7-12H2,1H3,(H,24,25,26);5-6,11,14H,7-10H2,1-4H3,(H,21,22,23);1-3,10-11H,4-5H2. The predicted molar refractivity (Wildman–Crippen MR) is 399 cm³/mol. The van der Waals surface area contributed by atoms with Crippen LogP contribution < -0.4 is 55.2 Å². The van der Waals surface area contributed by atoms with Crippen molar-refractivity contribution in [2.24, 2.45) is 0 Å². The van der Waals surface area contributed by atoms with Crippen molar-refractivity contribution in [1.82, 2.24) is 45.0 Å². The average molecular weight is 1450 g/mol. The second-order valence-electron chi connectivity index (χ2n) is 27.9. The quantitative estimate of drug-likeness (QED) is 0.0732. The van der Waals surface area contributed by atoms with Gasteiger partial charge in [-0.15, -0.1) is 0 Å². The molecule has 0 radical (unpaired) electrons. The highest BCUT2D eigenvalue weighted by Gasteiger charge is 2.31. The number of para-hydroxylation sites is 3. The zero-order chi connectivity index (χ0) is 71.7. The Morgan fingerprint density at radius 2 is 0.843 bits per heavy atom. The minimum absolute atomic E-state index is 0.206. The summed E-state index contributed by atoms with van der Waals surface area (Å²) in [6.45, 7) is 25.3. The molecule has 3 fully saturated rings. The number of anilines is 3. The Labute approximate surface area is 603 Å². The van der Waals surface area contributed by atoms with E-state index in [9.17, 15) is 9.59 Å². The molecule has 24 nitrogen and oxygen atoms in total. The lowest BCUT2D eigenvalue weighted by Gasteiger charge is -2.33. The SMILES string of the molecule is Cc1nc(NC2CCN(C(=O)OC(C)(C)C)CC2)nc2ccc(-c3cccc4c3OCCO4)cc12.Cc1nc(NC2CCN(C(=O)OC(C)(C)C)CC2)nc2ccc(Br)cc12.Cc1nc(NC2CCNCC2)nc2ccc(-c3cccc4c3OCCO4)cc12.OB(O)c1cccc2c1OCCO2. The van der Waals surface area contributed by atoms with Crippen molar-refractivity contribution < 1.29 is 57.5 Å². The molecular formula is C76H90BBrN12O12. The molecule has 0 unspecified atom stereocenters. The molecule has 0 aliphatic carbocycles. The average Bonchev–Trinajstić information content (AvgIpc) is 0.783. The van der Waals surface area contributed by atoms with Gasteiger partial charge in [-0.25, -0.2) is 39.5 Å². The van der Waals surface area contributed by atoms with E-state index in [1.807, 2.05) is 117 Å². The number of carbonyl (C=O) groups is 2. The fraction of sp³-hybridized carbons (Fsp3) is 0.421. The summed E-state index contributed by atoms with van der Waals surface area (Å²) in [6.07, 6.45) is 5.04. The van der Waals surface area contributed by atoms with Crippen molar-refractivity contribution in [2.45, 2.75) is 130 Å². The number of rotatable bonds is 9. The number of piperidine rings is 3. The number of nitrogens with one attached hydrogen (secondary N) is 4. The van der Waals surface area contributed by atoms with Crippen molar-refractivity contribution in [3.63, 3.8) is 0 Å². The fourth-order valence-corrected chi connectivity index (χ4v) is 13.2. The monoisotopic (exact) mass is 1450 g/mol. The van der Waals surface area contributed by atoms with Gasteiger partial charge in [0.2, 0.25) is 17.8 Å². The van der Waals surface area contributed by atoms with Crippen LogP contribution in [-0.2, 0) is 9.47 Å². The van der Waals surface area contributed by atoms with Gasteiger partial charge in [-0.05, 0) is 186 Å². The minimum Gasteiger partial charge on any atom is -0.487 e. The smallest absolute Gasteiger partial charge is 0.487 e.